The molecule has 0 unspecified atom stereocenters. The Hall–Kier alpha value is -2.18. The van der Waals surface area contributed by atoms with Crippen LogP contribution in [0.2, 0.25) is 0 Å². The minimum Gasteiger partial charge on any atom is -0.326 e. The summed E-state index contributed by atoms with van der Waals surface area (Å²) in [4.78, 5) is 12.8. The van der Waals surface area contributed by atoms with Crippen molar-refractivity contribution in [1.29, 1.82) is 0 Å². The van der Waals surface area contributed by atoms with Crippen LogP contribution in [0.5, 0.6) is 0 Å². The van der Waals surface area contributed by atoms with E-state index in [2.05, 4.69) is 5.32 Å². The van der Waals surface area contributed by atoms with Gasteiger partial charge in [0.05, 0.1) is 4.90 Å². The van der Waals surface area contributed by atoms with Crippen molar-refractivity contribution in [1.82, 2.24) is 4.31 Å². The average molecular weight is 427 g/mol. The summed E-state index contributed by atoms with van der Waals surface area (Å²) in [6.45, 7) is 2.74. The zero-order chi connectivity index (χ0) is 21.1. The first-order valence-electron chi connectivity index (χ1n) is 10.9. The quantitative estimate of drug-likeness (QED) is 0.757. The number of sulfonamides is 1. The number of benzene rings is 2. The van der Waals surface area contributed by atoms with Gasteiger partial charge in [-0.15, -0.1) is 0 Å². The van der Waals surface area contributed by atoms with Crippen LogP contribution in [0.3, 0.4) is 0 Å². The number of nitrogens with zero attached hydrogens (tertiary/aromatic N) is 1. The third-order valence-corrected chi connectivity index (χ3v) is 8.18. The lowest BCUT2D eigenvalue weighted by Gasteiger charge is -2.28. The van der Waals surface area contributed by atoms with Crippen LogP contribution in [0, 0.1) is 12.8 Å². The largest absolute Gasteiger partial charge is 0.326 e. The third kappa shape index (κ3) is 4.76. The molecule has 1 amide bonds. The molecule has 1 aliphatic carbocycles. The molecule has 5 nitrogen and oxygen atoms in total. The van der Waals surface area contributed by atoms with Crippen LogP contribution in [0.25, 0.3) is 0 Å². The number of hydrogen-bond donors (Lipinski definition) is 1. The Bertz CT molecular complexity index is 1010. The Morgan fingerprint density at radius 2 is 1.77 bits per heavy atom. The van der Waals surface area contributed by atoms with E-state index in [1.165, 1.54) is 23.6 Å². The van der Waals surface area contributed by atoms with Gasteiger partial charge < -0.3 is 5.32 Å². The summed E-state index contributed by atoms with van der Waals surface area (Å²) in [7, 11) is -3.53. The molecule has 0 saturated heterocycles. The van der Waals surface area contributed by atoms with Crippen molar-refractivity contribution >= 4 is 21.6 Å². The van der Waals surface area contributed by atoms with E-state index < -0.39 is 10.0 Å². The summed E-state index contributed by atoms with van der Waals surface area (Å²) in [6, 6.07) is 12.9. The maximum Gasteiger partial charge on any atom is 0.243 e. The Labute approximate surface area is 179 Å². The van der Waals surface area contributed by atoms with Crippen LogP contribution in [0.15, 0.2) is 47.4 Å². The van der Waals surface area contributed by atoms with E-state index >= 15 is 0 Å². The molecule has 1 heterocycles. The summed E-state index contributed by atoms with van der Waals surface area (Å²) in [5, 5.41) is 3.02. The molecule has 0 bridgehead atoms. The highest BCUT2D eigenvalue weighted by molar-refractivity contribution is 7.89. The molecule has 160 valence electrons. The maximum absolute atomic E-state index is 13.0. The summed E-state index contributed by atoms with van der Waals surface area (Å²) >= 11 is 0. The molecule has 0 aromatic heterocycles. The fraction of sp³-hybridized carbons (Fsp3) is 0.458. The Morgan fingerprint density at radius 1 is 1.03 bits per heavy atom. The average Bonchev–Trinajstić information content (AvgIpc) is 2.74. The van der Waals surface area contributed by atoms with E-state index in [1.54, 1.807) is 12.1 Å². The molecule has 6 heteroatoms. The molecule has 0 radical (unpaired) electrons. The van der Waals surface area contributed by atoms with Gasteiger partial charge in [0.2, 0.25) is 15.9 Å². The van der Waals surface area contributed by atoms with Gasteiger partial charge in [-0.25, -0.2) is 8.42 Å². The standard InChI is InChI=1S/C24H30N2O3S/c1-18-7-11-23(12-8-18)30(28,29)26-14-13-20-9-10-22(16-21(20)17-26)25-24(27)15-19-5-3-2-4-6-19/h7-12,16,19H,2-6,13-15,17H2,1H3,(H,25,27). The number of amides is 1. The van der Waals surface area contributed by atoms with Crippen molar-refractivity contribution in [2.24, 2.45) is 5.92 Å². The number of hydrogen-bond acceptors (Lipinski definition) is 3. The van der Waals surface area contributed by atoms with Crippen molar-refractivity contribution in [2.75, 3.05) is 11.9 Å². The molecule has 4 rings (SSSR count). The first-order chi connectivity index (χ1) is 14.4. The number of nitrogens with one attached hydrogen (secondary N) is 1. The van der Waals surface area contributed by atoms with Crippen LogP contribution in [0.1, 0.15) is 55.2 Å². The number of rotatable bonds is 5. The highest BCUT2D eigenvalue weighted by Gasteiger charge is 2.28. The Balaban J connectivity index is 1.45. The SMILES string of the molecule is Cc1ccc(S(=O)(=O)N2CCc3ccc(NC(=O)CC4CCCCC4)cc3C2)cc1. The normalized spacial score (nSPS) is 18.0. The monoisotopic (exact) mass is 426 g/mol. The highest BCUT2D eigenvalue weighted by atomic mass is 32.2. The minimum absolute atomic E-state index is 0.0572. The van der Waals surface area contributed by atoms with Gasteiger partial charge in [0.15, 0.2) is 0 Å². The fourth-order valence-electron chi connectivity index (χ4n) is 4.54. The summed E-state index contributed by atoms with van der Waals surface area (Å²) < 4.78 is 27.6. The predicted molar refractivity (Wildman–Crippen MR) is 119 cm³/mol. The topological polar surface area (TPSA) is 66.5 Å². The van der Waals surface area contributed by atoms with Crippen LogP contribution < -0.4 is 5.32 Å². The molecule has 0 spiro atoms. The molecular weight excluding hydrogens is 396 g/mol. The smallest absolute Gasteiger partial charge is 0.243 e. The molecule has 30 heavy (non-hydrogen) atoms. The van der Waals surface area contributed by atoms with Gasteiger partial charge >= 0.3 is 0 Å². The molecule has 1 aliphatic heterocycles. The molecule has 2 aromatic carbocycles. The van der Waals surface area contributed by atoms with Gasteiger partial charge in [0.25, 0.3) is 0 Å². The molecule has 2 aromatic rings. The second-order valence-corrected chi connectivity index (χ2v) is 10.6. The van der Waals surface area contributed by atoms with Gasteiger partial charge in [-0.05, 0) is 67.5 Å². The summed E-state index contributed by atoms with van der Waals surface area (Å²) in [5.74, 6) is 0.549. The van der Waals surface area contributed by atoms with Gasteiger partial charge in [-0.1, -0.05) is 43.0 Å². The minimum atomic E-state index is -3.53. The number of aryl methyl sites for hydroxylation is 1. The number of carbonyl (C=O) groups excluding carboxylic acids is 1. The Kier molecular flexibility index (Phi) is 6.25. The zero-order valence-electron chi connectivity index (χ0n) is 17.6. The highest BCUT2D eigenvalue weighted by Crippen LogP contribution is 2.29. The zero-order valence-corrected chi connectivity index (χ0v) is 18.4. The summed E-state index contributed by atoms with van der Waals surface area (Å²) in [5.41, 5.74) is 3.90. The number of carbonyl (C=O) groups is 1. The van der Waals surface area contributed by atoms with Crippen LogP contribution in [-0.2, 0) is 27.8 Å². The van der Waals surface area contributed by atoms with Gasteiger partial charge in [0, 0.05) is 25.2 Å². The van der Waals surface area contributed by atoms with Crippen molar-refractivity contribution < 1.29 is 13.2 Å². The third-order valence-electron chi connectivity index (χ3n) is 6.32. The van der Waals surface area contributed by atoms with Crippen molar-refractivity contribution in [3.63, 3.8) is 0 Å². The van der Waals surface area contributed by atoms with Gasteiger partial charge in [-0.3, -0.25) is 4.79 Å². The van der Waals surface area contributed by atoms with E-state index in [4.69, 9.17) is 0 Å². The van der Waals surface area contributed by atoms with Crippen LogP contribution >= 0.6 is 0 Å². The van der Waals surface area contributed by atoms with E-state index in [9.17, 15) is 13.2 Å². The lowest BCUT2D eigenvalue weighted by Crippen LogP contribution is -2.36. The second-order valence-electron chi connectivity index (χ2n) is 8.64. The van der Waals surface area contributed by atoms with E-state index in [1.807, 2.05) is 37.3 Å². The van der Waals surface area contributed by atoms with E-state index in [-0.39, 0.29) is 5.91 Å². The lowest BCUT2D eigenvalue weighted by molar-refractivity contribution is -0.117. The molecule has 2 aliphatic rings. The summed E-state index contributed by atoms with van der Waals surface area (Å²) in [6.07, 6.45) is 7.27. The van der Waals surface area contributed by atoms with Crippen molar-refractivity contribution in [2.45, 2.75) is 63.3 Å². The molecule has 1 saturated carbocycles. The van der Waals surface area contributed by atoms with E-state index in [0.29, 0.717) is 36.7 Å². The molecule has 1 N–H and O–H groups in total. The second kappa shape index (κ2) is 8.90. The van der Waals surface area contributed by atoms with E-state index in [0.717, 1.165) is 35.2 Å². The van der Waals surface area contributed by atoms with Gasteiger partial charge in [0.1, 0.15) is 0 Å². The van der Waals surface area contributed by atoms with Gasteiger partial charge in [-0.2, -0.15) is 4.31 Å². The number of anilines is 1. The maximum atomic E-state index is 13.0. The molecular formula is C24H30N2O3S. The first-order valence-corrected chi connectivity index (χ1v) is 12.3. The van der Waals surface area contributed by atoms with Crippen molar-refractivity contribution in [3.05, 3.63) is 59.2 Å². The molecule has 0 atom stereocenters. The van der Waals surface area contributed by atoms with Crippen LogP contribution in [0.4, 0.5) is 5.69 Å². The van der Waals surface area contributed by atoms with Crippen LogP contribution in [-0.4, -0.2) is 25.2 Å². The molecule has 1 fully saturated rings. The lowest BCUT2D eigenvalue weighted by atomic mass is 9.87. The van der Waals surface area contributed by atoms with Crippen molar-refractivity contribution in [3.8, 4) is 0 Å². The fourth-order valence-corrected chi connectivity index (χ4v) is 5.96. The Morgan fingerprint density at radius 3 is 2.50 bits per heavy atom. The number of fused-ring (bicyclic) bond motifs is 1. The predicted octanol–water partition coefficient (Wildman–Crippen LogP) is 4.65. The first kappa shape index (κ1) is 21.1.